The Morgan fingerprint density at radius 2 is 1.77 bits per heavy atom. The first kappa shape index (κ1) is 19.4. The van der Waals surface area contributed by atoms with Crippen LogP contribution in [0.2, 0.25) is 0 Å². The van der Waals surface area contributed by atoms with Crippen molar-refractivity contribution in [2.45, 2.75) is 6.18 Å². The highest BCUT2D eigenvalue weighted by Gasteiger charge is 2.29. The second-order valence-corrected chi connectivity index (χ2v) is 6.27. The van der Waals surface area contributed by atoms with E-state index in [0.29, 0.717) is 11.1 Å². The molecule has 30 heavy (non-hydrogen) atoms. The highest BCUT2D eigenvalue weighted by Crippen LogP contribution is 2.30. The molecule has 0 aliphatic carbocycles. The smallest absolute Gasteiger partial charge is 0.422 e. The van der Waals surface area contributed by atoms with E-state index in [1.54, 1.807) is 6.07 Å². The summed E-state index contributed by atoms with van der Waals surface area (Å²) in [5, 5.41) is 0. The van der Waals surface area contributed by atoms with Gasteiger partial charge in [0, 0.05) is 11.8 Å². The lowest BCUT2D eigenvalue weighted by molar-refractivity contribution is -0.153. The number of benzene rings is 2. The number of aromatic amines is 1. The predicted molar refractivity (Wildman–Crippen MR) is 102 cm³/mol. The summed E-state index contributed by atoms with van der Waals surface area (Å²) in [6, 6.07) is 16.1. The molecule has 0 spiro atoms. The first-order valence-corrected chi connectivity index (χ1v) is 8.81. The number of ether oxygens (including phenoxy) is 2. The zero-order valence-electron chi connectivity index (χ0n) is 15.3. The number of ketones is 1. The number of carbonyl (C=O) groups is 1. The largest absolute Gasteiger partial charge is 0.478 e. The van der Waals surface area contributed by atoms with Crippen LogP contribution in [0.1, 0.15) is 16.2 Å². The maximum absolute atomic E-state index is 12.6. The van der Waals surface area contributed by atoms with Gasteiger partial charge in [-0.25, -0.2) is 9.97 Å². The van der Waals surface area contributed by atoms with Gasteiger partial charge >= 0.3 is 6.18 Å². The van der Waals surface area contributed by atoms with Crippen molar-refractivity contribution in [3.8, 4) is 17.4 Å². The number of aromatic nitrogens is 3. The number of halogens is 3. The highest BCUT2D eigenvalue weighted by molar-refractivity contribution is 6.08. The lowest BCUT2D eigenvalue weighted by Crippen LogP contribution is -2.19. The molecule has 0 saturated heterocycles. The van der Waals surface area contributed by atoms with Crippen molar-refractivity contribution in [1.29, 1.82) is 0 Å². The number of fused-ring (bicyclic) bond motifs is 1. The van der Waals surface area contributed by atoms with Gasteiger partial charge in [0.1, 0.15) is 5.75 Å². The average Bonchev–Trinajstić information content (AvgIpc) is 3.17. The molecule has 4 rings (SSSR count). The summed E-state index contributed by atoms with van der Waals surface area (Å²) in [6.45, 7) is -1.46. The zero-order valence-corrected chi connectivity index (χ0v) is 15.3. The van der Waals surface area contributed by atoms with Gasteiger partial charge in [-0.05, 0) is 48.5 Å². The minimum Gasteiger partial charge on any atom is -0.478 e. The Labute approximate surface area is 168 Å². The number of imidazole rings is 1. The predicted octanol–water partition coefficient (Wildman–Crippen LogP) is 4.92. The summed E-state index contributed by atoms with van der Waals surface area (Å²) in [5.41, 5.74) is 1.81. The number of H-pyrrole nitrogens is 1. The molecule has 0 radical (unpaired) electrons. The lowest BCUT2D eigenvalue weighted by Gasteiger charge is -2.12. The molecule has 0 aliphatic heterocycles. The summed E-state index contributed by atoms with van der Waals surface area (Å²) in [6.07, 6.45) is -3.11. The van der Waals surface area contributed by atoms with Gasteiger partial charge in [-0.15, -0.1) is 0 Å². The maximum Gasteiger partial charge on any atom is 0.422 e. The third-order valence-corrected chi connectivity index (χ3v) is 4.06. The van der Waals surface area contributed by atoms with Gasteiger partial charge in [0.05, 0.1) is 11.0 Å². The van der Waals surface area contributed by atoms with Crippen LogP contribution >= 0.6 is 0 Å². The Kier molecular flexibility index (Phi) is 5.09. The Morgan fingerprint density at radius 1 is 1.00 bits per heavy atom. The minimum atomic E-state index is -4.48. The normalized spacial score (nSPS) is 11.4. The van der Waals surface area contributed by atoms with Crippen molar-refractivity contribution < 1.29 is 27.4 Å². The molecular formula is C21H14F3N3O3. The Hall–Kier alpha value is -3.88. The number of hydrogen-bond donors (Lipinski definition) is 1. The number of carbonyl (C=O) groups excluding carboxylic acids is 1. The van der Waals surface area contributed by atoms with Crippen molar-refractivity contribution in [3.05, 3.63) is 78.2 Å². The standard InChI is InChI=1S/C21H14F3N3O3/c22-21(23,24)12-29-17-6-3-11-25-20(17)30-14-9-7-13(8-10-14)18(28)19-26-15-4-1-2-5-16(15)27-19/h1-11H,12H2,(H,26,27). The molecule has 6 nitrogen and oxygen atoms in total. The third-order valence-electron chi connectivity index (χ3n) is 4.06. The third kappa shape index (κ3) is 4.40. The van der Waals surface area contributed by atoms with Crippen molar-refractivity contribution in [2.75, 3.05) is 6.61 Å². The molecule has 9 heteroatoms. The Bertz CT molecular complexity index is 1150. The van der Waals surface area contributed by atoms with Gasteiger partial charge < -0.3 is 14.5 Å². The quantitative estimate of drug-likeness (QED) is 0.454. The monoisotopic (exact) mass is 413 g/mol. The molecule has 2 aromatic carbocycles. The van der Waals surface area contributed by atoms with Gasteiger partial charge in [-0.1, -0.05) is 12.1 Å². The van der Waals surface area contributed by atoms with Crippen LogP contribution < -0.4 is 9.47 Å². The fourth-order valence-electron chi connectivity index (χ4n) is 2.71. The fourth-order valence-corrected chi connectivity index (χ4v) is 2.71. The van der Waals surface area contributed by atoms with Crippen molar-refractivity contribution in [3.63, 3.8) is 0 Å². The van der Waals surface area contributed by atoms with Crippen molar-refractivity contribution >= 4 is 16.8 Å². The van der Waals surface area contributed by atoms with Crippen LogP contribution in [0.3, 0.4) is 0 Å². The van der Waals surface area contributed by atoms with Crippen molar-refractivity contribution in [1.82, 2.24) is 15.0 Å². The van der Waals surface area contributed by atoms with Gasteiger partial charge in [-0.2, -0.15) is 13.2 Å². The van der Waals surface area contributed by atoms with E-state index in [2.05, 4.69) is 15.0 Å². The van der Waals surface area contributed by atoms with E-state index in [0.717, 1.165) is 5.52 Å². The molecule has 0 bridgehead atoms. The highest BCUT2D eigenvalue weighted by atomic mass is 19.4. The number of nitrogens with one attached hydrogen (secondary N) is 1. The second kappa shape index (κ2) is 7.86. The van der Waals surface area contributed by atoms with E-state index in [1.807, 2.05) is 18.2 Å². The molecule has 2 aromatic heterocycles. The molecule has 0 fully saturated rings. The first-order chi connectivity index (χ1) is 14.4. The molecule has 152 valence electrons. The number of nitrogens with zero attached hydrogens (tertiary/aromatic N) is 2. The number of pyridine rings is 1. The Morgan fingerprint density at radius 3 is 2.50 bits per heavy atom. The molecule has 0 saturated carbocycles. The topological polar surface area (TPSA) is 77.1 Å². The Balaban J connectivity index is 1.50. The van der Waals surface area contributed by atoms with E-state index in [4.69, 9.17) is 9.47 Å². The van der Waals surface area contributed by atoms with E-state index < -0.39 is 12.8 Å². The summed E-state index contributed by atoms with van der Waals surface area (Å²) in [4.78, 5) is 23.8. The number of hydrogen-bond acceptors (Lipinski definition) is 5. The van der Waals surface area contributed by atoms with Gasteiger partial charge in [-0.3, -0.25) is 4.79 Å². The lowest BCUT2D eigenvalue weighted by atomic mass is 10.1. The molecule has 0 atom stereocenters. The van der Waals surface area contributed by atoms with E-state index in [9.17, 15) is 18.0 Å². The average molecular weight is 413 g/mol. The zero-order chi connectivity index (χ0) is 21.1. The van der Waals surface area contributed by atoms with Gasteiger partial charge in [0.25, 0.3) is 5.88 Å². The molecular weight excluding hydrogens is 399 g/mol. The molecule has 0 unspecified atom stereocenters. The molecule has 2 heterocycles. The van der Waals surface area contributed by atoms with Crippen LogP contribution in [0.5, 0.6) is 17.4 Å². The molecule has 1 N–H and O–H groups in total. The van der Waals surface area contributed by atoms with Crippen LogP contribution in [-0.2, 0) is 0 Å². The van der Waals surface area contributed by atoms with E-state index in [1.165, 1.54) is 42.6 Å². The van der Waals surface area contributed by atoms with E-state index >= 15 is 0 Å². The molecule has 4 aromatic rings. The molecule has 0 aliphatic rings. The van der Waals surface area contributed by atoms with Crippen molar-refractivity contribution in [2.24, 2.45) is 0 Å². The van der Waals surface area contributed by atoms with Crippen LogP contribution in [0.25, 0.3) is 11.0 Å². The number of alkyl halides is 3. The molecule has 0 amide bonds. The summed E-state index contributed by atoms with van der Waals surface area (Å²) < 4.78 is 47.5. The van der Waals surface area contributed by atoms with Crippen LogP contribution in [0.15, 0.2) is 66.9 Å². The maximum atomic E-state index is 12.6. The summed E-state index contributed by atoms with van der Waals surface area (Å²) in [5.74, 6) is -0.0655. The minimum absolute atomic E-state index is 0.113. The summed E-state index contributed by atoms with van der Waals surface area (Å²) in [7, 11) is 0. The summed E-state index contributed by atoms with van der Waals surface area (Å²) >= 11 is 0. The second-order valence-electron chi connectivity index (χ2n) is 6.27. The number of para-hydroxylation sites is 2. The fraction of sp³-hybridized carbons (Fsp3) is 0.0952. The van der Waals surface area contributed by atoms with Crippen LogP contribution in [-0.4, -0.2) is 33.5 Å². The number of rotatable bonds is 6. The first-order valence-electron chi connectivity index (χ1n) is 8.81. The van der Waals surface area contributed by atoms with Crippen LogP contribution in [0, 0.1) is 0 Å². The van der Waals surface area contributed by atoms with Gasteiger partial charge in [0.2, 0.25) is 5.78 Å². The van der Waals surface area contributed by atoms with Crippen LogP contribution in [0.4, 0.5) is 13.2 Å². The SMILES string of the molecule is O=C(c1ccc(Oc2ncccc2OCC(F)(F)F)cc1)c1nc2ccccc2[nH]1. The van der Waals surface area contributed by atoms with E-state index in [-0.39, 0.29) is 29.0 Å². The van der Waals surface area contributed by atoms with Gasteiger partial charge in [0.15, 0.2) is 18.2 Å².